The van der Waals surface area contributed by atoms with Gasteiger partial charge < -0.3 is 10.1 Å². The standard InChI is InChI=1S/C11H12ClN3OS/c1-16-11-8(3-2-4-14-11)5-13-7-10-15-6-9(12)17-10/h2-4,6,13H,5,7H2,1H3. The zero-order chi connectivity index (χ0) is 12.1. The van der Waals surface area contributed by atoms with E-state index in [1.807, 2.05) is 12.1 Å². The topological polar surface area (TPSA) is 47.0 Å². The Kier molecular flexibility index (Phi) is 4.30. The van der Waals surface area contributed by atoms with Gasteiger partial charge in [0.1, 0.15) is 9.34 Å². The lowest BCUT2D eigenvalue weighted by molar-refractivity contribution is 0.390. The second-order valence-electron chi connectivity index (χ2n) is 3.33. The summed E-state index contributed by atoms with van der Waals surface area (Å²) in [4.78, 5) is 8.30. The van der Waals surface area contributed by atoms with Crippen LogP contribution in [0.25, 0.3) is 0 Å². The van der Waals surface area contributed by atoms with E-state index >= 15 is 0 Å². The zero-order valence-corrected chi connectivity index (χ0v) is 10.9. The molecule has 17 heavy (non-hydrogen) atoms. The number of aromatic nitrogens is 2. The number of rotatable bonds is 5. The lowest BCUT2D eigenvalue weighted by Crippen LogP contribution is -2.13. The van der Waals surface area contributed by atoms with Crippen molar-refractivity contribution in [2.45, 2.75) is 13.1 Å². The van der Waals surface area contributed by atoms with Crippen LogP contribution in [0.5, 0.6) is 5.88 Å². The average Bonchev–Trinajstić information content (AvgIpc) is 2.76. The highest BCUT2D eigenvalue weighted by Crippen LogP contribution is 2.18. The Labute approximate surface area is 109 Å². The monoisotopic (exact) mass is 269 g/mol. The van der Waals surface area contributed by atoms with E-state index < -0.39 is 0 Å². The number of thiazole rings is 1. The molecule has 2 aromatic heterocycles. The number of hydrogen-bond acceptors (Lipinski definition) is 5. The third-order valence-corrected chi connectivity index (χ3v) is 3.28. The van der Waals surface area contributed by atoms with Crippen LogP contribution in [0.1, 0.15) is 10.6 Å². The van der Waals surface area contributed by atoms with Crippen LogP contribution in [0, 0.1) is 0 Å². The van der Waals surface area contributed by atoms with E-state index in [0.717, 1.165) is 10.6 Å². The van der Waals surface area contributed by atoms with Gasteiger partial charge in [0.25, 0.3) is 0 Å². The summed E-state index contributed by atoms with van der Waals surface area (Å²) < 4.78 is 5.88. The van der Waals surface area contributed by atoms with Crippen LogP contribution in [-0.2, 0) is 13.1 Å². The molecule has 4 nitrogen and oxygen atoms in total. The fraction of sp³-hybridized carbons (Fsp3) is 0.273. The summed E-state index contributed by atoms with van der Waals surface area (Å²) in [7, 11) is 1.62. The molecule has 0 fully saturated rings. The Morgan fingerprint density at radius 1 is 1.41 bits per heavy atom. The van der Waals surface area contributed by atoms with Gasteiger partial charge >= 0.3 is 0 Å². The maximum Gasteiger partial charge on any atom is 0.217 e. The molecule has 0 unspecified atom stereocenters. The van der Waals surface area contributed by atoms with Gasteiger partial charge in [-0.15, -0.1) is 11.3 Å². The molecule has 0 amide bonds. The Bertz CT molecular complexity index is 489. The molecule has 2 heterocycles. The molecule has 0 aliphatic carbocycles. The summed E-state index contributed by atoms with van der Waals surface area (Å²) in [6.07, 6.45) is 3.37. The first-order valence-corrected chi connectivity index (χ1v) is 6.28. The van der Waals surface area contributed by atoms with Crippen molar-refractivity contribution in [3.63, 3.8) is 0 Å². The summed E-state index contributed by atoms with van der Waals surface area (Å²) in [6.45, 7) is 1.38. The molecule has 2 aromatic rings. The number of halogens is 1. The van der Waals surface area contributed by atoms with E-state index in [9.17, 15) is 0 Å². The van der Waals surface area contributed by atoms with Crippen LogP contribution < -0.4 is 10.1 Å². The fourth-order valence-electron chi connectivity index (χ4n) is 1.42. The third-order valence-electron chi connectivity index (χ3n) is 2.16. The average molecular weight is 270 g/mol. The van der Waals surface area contributed by atoms with Gasteiger partial charge in [0.15, 0.2) is 0 Å². The molecule has 0 aliphatic heterocycles. The van der Waals surface area contributed by atoms with Crippen LogP contribution in [-0.4, -0.2) is 17.1 Å². The summed E-state index contributed by atoms with van der Waals surface area (Å²) in [5.41, 5.74) is 1.03. The van der Waals surface area contributed by atoms with Gasteiger partial charge in [-0.3, -0.25) is 0 Å². The molecule has 0 aliphatic rings. The molecule has 6 heteroatoms. The molecular formula is C11H12ClN3OS. The summed E-state index contributed by atoms with van der Waals surface area (Å²) in [5, 5.41) is 4.25. The van der Waals surface area contributed by atoms with E-state index in [2.05, 4.69) is 15.3 Å². The van der Waals surface area contributed by atoms with Crippen LogP contribution in [0.4, 0.5) is 0 Å². The van der Waals surface area contributed by atoms with E-state index in [0.29, 0.717) is 23.3 Å². The fourth-order valence-corrected chi connectivity index (χ4v) is 2.34. The summed E-state index contributed by atoms with van der Waals surface area (Å²) >= 11 is 7.28. The molecule has 0 spiro atoms. The minimum absolute atomic E-state index is 0.650. The second-order valence-corrected chi connectivity index (χ2v) is 5.08. The highest BCUT2D eigenvalue weighted by molar-refractivity contribution is 7.15. The highest BCUT2D eigenvalue weighted by atomic mass is 35.5. The second kappa shape index (κ2) is 5.95. The van der Waals surface area contributed by atoms with Crippen LogP contribution in [0.2, 0.25) is 4.34 Å². The van der Waals surface area contributed by atoms with Crippen molar-refractivity contribution in [3.8, 4) is 5.88 Å². The Hall–Kier alpha value is -1.17. The number of ether oxygens (including phenoxy) is 1. The molecule has 0 atom stereocenters. The number of nitrogens with one attached hydrogen (secondary N) is 1. The predicted octanol–water partition coefficient (Wildman–Crippen LogP) is 2.49. The third kappa shape index (κ3) is 3.39. The molecule has 0 saturated heterocycles. The molecule has 0 bridgehead atoms. The number of nitrogens with zero attached hydrogens (tertiary/aromatic N) is 2. The van der Waals surface area contributed by atoms with Crippen LogP contribution >= 0.6 is 22.9 Å². The zero-order valence-electron chi connectivity index (χ0n) is 9.31. The van der Waals surface area contributed by atoms with Gasteiger partial charge in [0, 0.05) is 24.8 Å². The first kappa shape index (κ1) is 12.3. The van der Waals surface area contributed by atoms with E-state index in [1.54, 1.807) is 19.5 Å². The van der Waals surface area contributed by atoms with Crippen molar-refractivity contribution in [1.82, 2.24) is 15.3 Å². The molecular weight excluding hydrogens is 258 g/mol. The molecule has 2 rings (SSSR count). The van der Waals surface area contributed by atoms with Crippen molar-refractivity contribution < 1.29 is 4.74 Å². The number of hydrogen-bond donors (Lipinski definition) is 1. The molecule has 90 valence electrons. The minimum atomic E-state index is 0.650. The van der Waals surface area contributed by atoms with Gasteiger partial charge in [-0.2, -0.15) is 0 Å². The van der Waals surface area contributed by atoms with E-state index in [1.165, 1.54) is 11.3 Å². The maximum atomic E-state index is 5.80. The van der Waals surface area contributed by atoms with Gasteiger partial charge in [-0.1, -0.05) is 17.7 Å². The summed E-state index contributed by atoms with van der Waals surface area (Å²) in [6, 6.07) is 3.87. The first-order chi connectivity index (χ1) is 8.29. The SMILES string of the molecule is COc1ncccc1CNCc1ncc(Cl)s1. The lowest BCUT2D eigenvalue weighted by Gasteiger charge is -2.07. The van der Waals surface area contributed by atoms with Crippen LogP contribution in [0.15, 0.2) is 24.5 Å². The quantitative estimate of drug-likeness (QED) is 0.906. The van der Waals surface area contributed by atoms with Gasteiger partial charge in [0.05, 0.1) is 13.3 Å². The van der Waals surface area contributed by atoms with Crippen molar-refractivity contribution in [2.75, 3.05) is 7.11 Å². The minimum Gasteiger partial charge on any atom is -0.481 e. The highest BCUT2D eigenvalue weighted by Gasteiger charge is 2.03. The van der Waals surface area contributed by atoms with Gasteiger partial charge in [-0.05, 0) is 6.07 Å². The summed E-state index contributed by atoms with van der Waals surface area (Å²) in [5.74, 6) is 0.650. The van der Waals surface area contributed by atoms with Crippen molar-refractivity contribution in [2.24, 2.45) is 0 Å². The Morgan fingerprint density at radius 2 is 2.29 bits per heavy atom. The van der Waals surface area contributed by atoms with Gasteiger partial charge in [-0.25, -0.2) is 9.97 Å². The molecule has 0 radical (unpaired) electrons. The van der Waals surface area contributed by atoms with Crippen molar-refractivity contribution >= 4 is 22.9 Å². The maximum absolute atomic E-state index is 5.80. The Balaban J connectivity index is 1.89. The van der Waals surface area contributed by atoms with E-state index in [-0.39, 0.29) is 0 Å². The number of methoxy groups -OCH3 is 1. The van der Waals surface area contributed by atoms with Crippen molar-refractivity contribution in [3.05, 3.63) is 39.4 Å². The lowest BCUT2D eigenvalue weighted by atomic mass is 10.2. The van der Waals surface area contributed by atoms with Crippen LogP contribution in [0.3, 0.4) is 0 Å². The van der Waals surface area contributed by atoms with Gasteiger partial charge in [0.2, 0.25) is 5.88 Å². The first-order valence-electron chi connectivity index (χ1n) is 5.08. The molecule has 0 aromatic carbocycles. The molecule has 0 saturated carbocycles. The largest absolute Gasteiger partial charge is 0.481 e. The number of pyridine rings is 1. The Morgan fingerprint density at radius 3 is 3.00 bits per heavy atom. The normalized spacial score (nSPS) is 10.5. The predicted molar refractivity (Wildman–Crippen MR) is 68.5 cm³/mol. The smallest absolute Gasteiger partial charge is 0.217 e. The van der Waals surface area contributed by atoms with Crippen molar-refractivity contribution in [1.29, 1.82) is 0 Å². The molecule has 1 N–H and O–H groups in total. The van der Waals surface area contributed by atoms with E-state index in [4.69, 9.17) is 16.3 Å².